The van der Waals surface area contributed by atoms with Crippen LogP contribution in [0.1, 0.15) is 22.9 Å². The largest absolute Gasteiger partial charge is 0.324 e. The molecule has 5 aromatic rings. The Bertz CT molecular complexity index is 1300. The molecule has 3 aromatic carbocycles. The van der Waals surface area contributed by atoms with Crippen molar-refractivity contribution in [3.8, 4) is 11.3 Å². The number of rotatable bonds is 6. The standard InChI is InChI=1S/C25H19Cl2N5/c26-21-10-6-19(7-11-21)24(31-15-14-28-17-31)23-25(20-8-12-22(27)13-9-20)32(30-29-23)16-18-4-2-1-3-5-18/h1-15,17,24H,16H2. The normalized spacial score (nSPS) is 12.1. The lowest BCUT2D eigenvalue weighted by atomic mass is 9.99. The van der Waals surface area contributed by atoms with Gasteiger partial charge < -0.3 is 4.57 Å². The SMILES string of the molecule is Clc1ccc(-c2c(C(c3ccc(Cl)cc3)n3ccnc3)nnn2Cc2ccccc2)cc1. The smallest absolute Gasteiger partial charge is 0.118 e. The van der Waals surface area contributed by atoms with Crippen molar-refractivity contribution in [1.82, 2.24) is 24.5 Å². The molecule has 0 aliphatic rings. The summed E-state index contributed by atoms with van der Waals surface area (Å²) in [6.07, 6.45) is 5.49. The fourth-order valence-corrected chi connectivity index (χ4v) is 4.07. The van der Waals surface area contributed by atoms with E-state index in [-0.39, 0.29) is 6.04 Å². The van der Waals surface area contributed by atoms with E-state index in [4.69, 9.17) is 23.2 Å². The molecule has 0 aliphatic heterocycles. The molecule has 0 fully saturated rings. The van der Waals surface area contributed by atoms with E-state index in [1.165, 1.54) is 0 Å². The average molecular weight is 460 g/mol. The minimum absolute atomic E-state index is 0.218. The maximum absolute atomic E-state index is 6.17. The van der Waals surface area contributed by atoms with Crippen LogP contribution in [-0.4, -0.2) is 24.5 Å². The molecule has 2 heterocycles. The first-order chi connectivity index (χ1) is 15.7. The van der Waals surface area contributed by atoms with Gasteiger partial charge in [-0.25, -0.2) is 9.67 Å². The van der Waals surface area contributed by atoms with Gasteiger partial charge in [-0.3, -0.25) is 0 Å². The van der Waals surface area contributed by atoms with Gasteiger partial charge in [0, 0.05) is 28.0 Å². The highest BCUT2D eigenvalue weighted by Gasteiger charge is 2.26. The quantitative estimate of drug-likeness (QED) is 0.306. The Morgan fingerprint density at radius 3 is 2.16 bits per heavy atom. The second kappa shape index (κ2) is 8.99. The minimum atomic E-state index is -0.218. The van der Waals surface area contributed by atoms with Crippen LogP contribution >= 0.6 is 23.2 Å². The molecule has 2 aromatic heterocycles. The number of nitrogens with zero attached hydrogens (tertiary/aromatic N) is 5. The molecule has 0 saturated heterocycles. The Hall–Kier alpha value is -3.41. The molecular weight excluding hydrogens is 441 g/mol. The summed E-state index contributed by atoms with van der Waals surface area (Å²) in [4.78, 5) is 4.26. The Morgan fingerprint density at radius 2 is 1.50 bits per heavy atom. The van der Waals surface area contributed by atoms with Crippen molar-refractivity contribution in [1.29, 1.82) is 0 Å². The van der Waals surface area contributed by atoms with Crippen molar-refractivity contribution < 1.29 is 0 Å². The highest BCUT2D eigenvalue weighted by molar-refractivity contribution is 6.30. The van der Waals surface area contributed by atoms with Crippen LogP contribution in [0.25, 0.3) is 11.3 Å². The molecular formula is C25H19Cl2N5. The van der Waals surface area contributed by atoms with Crippen LogP contribution in [0.4, 0.5) is 0 Å². The molecule has 0 N–H and O–H groups in total. The molecule has 1 unspecified atom stereocenters. The lowest BCUT2D eigenvalue weighted by Crippen LogP contribution is -2.13. The van der Waals surface area contributed by atoms with E-state index in [0.717, 1.165) is 28.1 Å². The lowest BCUT2D eigenvalue weighted by Gasteiger charge is -2.19. The van der Waals surface area contributed by atoms with Gasteiger partial charge in [-0.2, -0.15) is 0 Å². The van der Waals surface area contributed by atoms with Gasteiger partial charge in [0.05, 0.1) is 18.6 Å². The van der Waals surface area contributed by atoms with Gasteiger partial charge in [-0.05, 0) is 35.4 Å². The first-order valence-corrected chi connectivity index (χ1v) is 10.9. The fraction of sp³-hybridized carbons (Fsp3) is 0.0800. The minimum Gasteiger partial charge on any atom is -0.324 e. The van der Waals surface area contributed by atoms with Crippen LogP contribution in [0.2, 0.25) is 10.0 Å². The molecule has 158 valence electrons. The Labute approximate surface area is 195 Å². The van der Waals surface area contributed by atoms with Crippen molar-refractivity contribution >= 4 is 23.2 Å². The summed E-state index contributed by atoms with van der Waals surface area (Å²) < 4.78 is 3.97. The van der Waals surface area contributed by atoms with Crippen LogP contribution < -0.4 is 0 Å². The monoisotopic (exact) mass is 459 g/mol. The number of halogens is 2. The van der Waals surface area contributed by atoms with Crippen LogP contribution in [-0.2, 0) is 6.54 Å². The van der Waals surface area contributed by atoms with Crippen LogP contribution in [0.3, 0.4) is 0 Å². The highest BCUT2D eigenvalue weighted by Crippen LogP contribution is 2.34. The second-order valence-corrected chi connectivity index (χ2v) is 8.31. The molecule has 0 aliphatic carbocycles. The fourth-order valence-electron chi connectivity index (χ4n) is 3.82. The third kappa shape index (κ3) is 4.17. The molecule has 0 saturated carbocycles. The van der Waals surface area contributed by atoms with E-state index in [1.807, 2.05) is 82.2 Å². The summed E-state index contributed by atoms with van der Waals surface area (Å²) in [7, 11) is 0. The number of hydrogen-bond donors (Lipinski definition) is 0. The predicted molar refractivity (Wildman–Crippen MR) is 127 cm³/mol. The summed E-state index contributed by atoms with van der Waals surface area (Å²) in [6, 6.07) is 25.6. The number of imidazole rings is 1. The first kappa shape index (κ1) is 20.5. The van der Waals surface area contributed by atoms with Crippen LogP contribution in [0.15, 0.2) is 97.6 Å². The summed E-state index contributed by atoms with van der Waals surface area (Å²) in [6.45, 7) is 0.600. The van der Waals surface area contributed by atoms with E-state index >= 15 is 0 Å². The van der Waals surface area contributed by atoms with Gasteiger partial charge in [-0.15, -0.1) is 5.10 Å². The topological polar surface area (TPSA) is 48.5 Å². The zero-order valence-electron chi connectivity index (χ0n) is 17.0. The Balaban J connectivity index is 1.69. The highest BCUT2D eigenvalue weighted by atomic mass is 35.5. The number of hydrogen-bond acceptors (Lipinski definition) is 3. The van der Waals surface area contributed by atoms with Crippen molar-refractivity contribution in [3.05, 3.63) is 124 Å². The van der Waals surface area contributed by atoms with E-state index < -0.39 is 0 Å². The van der Waals surface area contributed by atoms with Crippen molar-refractivity contribution in [2.45, 2.75) is 12.6 Å². The molecule has 32 heavy (non-hydrogen) atoms. The van der Waals surface area contributed by atoms with E-state index in [1.54, 1.807) is 12.5 Å². The summed E-state index contributed by atoms with van der Waals surface area (Å²) in [5, 5.41) is 10.6. The van der Waals surface area contributed by atoms with Crippen molar-refractivity contribution in [3.63, 3.8) is 0 Å². The summed E-state index contributed by atoms with van der Waals surface area (Å²) >= 11 is 12.3. The number of benzene rings is 3. The molecule has 5 rings (SSSR count). The van der Waals surface area contributed by atoms with Gasteiger partial charge in [0.25, 0.3) is 0 Å². The molecule has 5 nitrogen and oxygen atoms in total. The van der Waals surface area contributed by atoms with Gasteiger partial charge in [0.15, 0.2) is 0 Å². The van der Waals surface area contributed by atoms with Gasteiger partial charge >= 0.3 is 0 Å². The predicted octanol–water partition coefficient (Wildman–Crippen LogP) is 6.13. The summed E-state index contributed by atoms with van der Waals surface area (Å²) in [5.41, 5.74) is 4.92. The maximum atomic E-state index is 6.17. The van der Waals surface area contributed by atoms with Gasteiger partial charge in [0.1, 0.15) is 11.7 Å². The maximum Gasteiger partial charge on any atom is 0.118 e. The zero-order valence-corrected chi connectivity index (χ0v) is 18.5. The van der Waals surface area contributed by atoms with Crippen LogP contribution in [0, 0.1) is 0 Å². The third-order valence-corrected chi connectivity index (χ3v) is 5.83. The second-order valence-electron chi connectivity index (χ2n) is 7.44. The molecule has 0 radical (unpaired) electrons. The molecule has 1 atom stereocenters. The lowest BCUT2D eigenvalue weighted by molar-refractivity contribution is 0.641. The Kier molecular flexibility index (Phi) is 5.75. The average Bonchev–Trinajstić information content (AvgIpc) is 3.48. The van der Waals surface area contributed by atoms with Crippen molar-refractivity contribution in [2.24, 2.45) is 0 Å². The van der Waals surface area contributed by atoms with Gasteiger partial charge in [0.2, 0.25) is 0 Å². The van der Waals surface area contributed by atoms with E-state index in [2.05, 4.69) is 27.4 Å². The third-order valence-electron chi connectivity index (χ3n) is 5.32. The van der Waals surface area contributed by atoms with Crippen molar-refractivity contribution in [2.75, 3.05) is 0 Å². The van der Waals surface area contributed by atoms with E-state index in [0.29, 0.717) is 16.6 Å². The number of aromatic nitrogens is 5. The molecule has 0 amide bonds. The van der Waals surface area contributed by atoms with Crippen LogP contribution in [0.5, 0.6) is 0 Å². The van der Waals surface area contributed by atoms with Gasteiger partial charge in [-0.1, -0.05) is 83.0 Å². The molecule has 0 spiro atoms. The summed E-state index contributed by atoms with van der Waals surface area (Å²) in [5.74, 6) is 0. The zero-order chi connectivity index (χ0) is 21.9. The first-order valence-electron chi connectivity index (χ1n) is 10.2. The Morgan fingerprint density at radius 1 is 0.812 bits per heavy atom. The molecule has 7 heteroatoms. The molecule has 0 bridgehead atoms. The van der Waals surface area contributed by atoms with E-state index in [9.17, 15) is 0 Å².